The van der Waals surface area contributed by atoms with Crippen molar-refractivity contribution in [1.29, 1.82) is 0 Å². The minimum atomic E-state index is 0. The van der Waals surface area contributed by atoms with Gasteiger partial charge < -0.3 is 15.0 Å². The Morgan fingerprint density at radius 1 is 1.25 bits per heavy atom. The van der Waals surface area contributed by atoms with Crippen LogP contribution in [0.4, 0.5) is 0 Å². The summed E-state index contributed by atoms with van der Waals surface area (Å²) in [5, 5.41) is 4.19. The van der Waals surface area contributed by atoms with Crippen molar-refractivity contribution in [1.82, 2.24) is 10.2 Å². The Morgan fingerprint density at radius 3 is 2.50 bits per heavy atom. The van der Waals surface area contributed by atoms with Crippen LogP contribution in [-0.4, -0.2) is 49.7 Å². The lowest BCUT2D eigenvalue weighted by atomic mass is 10.1. The quantitative estimate of drug-likeness (QED) is 0.392. The topological polar surface area (TPSA) is 36.9 Å². The number of aliphatic imine (C=N–C) groups is 1. The molecule has 0 unspecified atom stereocenters. The first kappa shape index (κ1) is 21.5. The van der Waals surface area contributed by atoms with Crippen LogP contribution in [0.15, 0.2) is 29.3 Å². The maximum atomic E-state index is 5.92. The smallest absolute Gasteiger partial charge is 0.193 e. The molecule has 1 aliphatic heterocycles. The molecule has 1 aromatic carbocycles. The molecule has 1 N–H and O–H groups in total. The van der Waals surface area contributed by atoms with Gasteiger partial charge in [0.25, 0.3) is 0 Å². The predicted molar refractivity (Wildman–Crippen MR) is 113 cm³/mol. The second-order valence-corrected chi connectivity index (χ2v) is 6.19. The monoisotopic (exact) mass is 465 g/mol. The van der Waals surface area contributed by atoms with E-state index in [-0.39, 0.29) is 24.0 Å². The maximum absolute atomic E-state index is 5.92. The van der Waals surface area contributed by atoms with Crippen LogP contribution < -0.4 is 5.32 Å². The molecular weight excluding hydrogens is 437 g/mol. The van der Waals surface area contributed by atoms with Crippen LogP contribution >= 0.6 is 35.6 Å². The average molecular weight is 466 g/mol. The number of rotatable bonds is 6. The normalized spacial score (nSPS) is 16.0. The number of nitrogens with one attached hydrogen (secondary N) is 1. The van der Waals surface area contributed by atoms with Crippen LogP contribution in [0, 0.1) is 0 Å². The summed E-state index contributed by atoms with van der Waals surface area (Å²) in [5.74, 6) is 1.02. The van der Waals surface area contributed by atoms with Gasteiger partial charge >= 0.3 is 0 Å². The van der Waals surface area contributed by atoms with Gasteiger partial charge in [0.1, 0.15) is 0 Å². The third-order valence-electron chi connectivity index (χ3n) is 4.05. The first-order valence-corrected chi connectivity index (χ1v) is 9.00. The first-order chi connectivity index (χ1) is 11.2. The number of likely N-dealkylation sites (tertiary alicyclic amines) is 1. The van der Waals surface area contributed by atoms with Gasteiger partial charge in [-0.3, -0.25) is 4.99 Å². The Morgan fingerprint density at radius 2 is 1.92 bits per heavy atom. The highest BCUT2D eigenvalue weighted by Crippen LogP contribution is 2.14. The van der Waals surface area contributed by atoms with E-state index in [2.05, 4.69) is 36.2 Å². The molecule has 136 valence electrons. The second kappa shape index (κ2) is 11.9. The van der Waals surface area contributed by atoms with E-state index in [1.54, 1.807) is 0 Å². The van der Waals surface area contributed by atoms with Gasteiger partial charge in [-0.1, -0.05) is 23.7 Å². The molecule has 2 rings (SSSR count). The SMILES string of the molecule is CCNC(=NCCc1ccc(Cl)cc1)N1CCC(OCC)CC1.I. The average Bonchev–Trinajstić information content (AvgIpc) is 2.57. The molecule has 0 saturated carbocycles. The molecule has 24 heavy (non-hydrogen) atoms. The molecule has 1 aromatic rings. The molecule has 4 nitrogen and oxygen atoms in total. The van der Waals surface area contributed by atoms with Crippen LogP contribution in [0.5, 0.6) is 0 Å². The van der Waals surface area contributed by atoms with E-state index in [9.17, 15) is 0 Å². The molecule has 1 fully saturated rings. The molecule has 0 radical (unpaired) electrons. The number of halogens is 2. The molecule has 0 bridgehead atoms. The highest BCUT2D eigenvalue weighted by molar-refractivity contribution is 14.0. The fourth-order valence-electron chi connectivity index (χ4n) is 2.84. The highest BCUT2D eigenvalue weighted by atomic mass is 127. The number of benzene rings is 1. The summed E-state index contributed by atoms with van der Waals surface area (Å²) in [7, 11) is 0. The molecule has 0 atom stereocenters. The van der Waals surface area contributed by atoms with Crippen molar-refractivity contribution in [3.05, 3.63) is 34.9 Å². The highest BCUT2D eigenvalue weighted by Gasteiger charge is 2.21. The molecule has 0 aliphatic carbocycles. The molecule has 1 heterocycles. The van der Waals surface area contributed by atoms with Gasteiger partial charge in [-0.05, 0) is 50.8 Å². The van der Waals surface area contributed by atoms with Crippen LogP contribution in [0.3, 0.4) is 0 Å². The third kappa shape index (κ3) is 7.15. The summed E-state index contributed by atoms with van der Waals surface area (Å²) in [6, 6.07) is 8.01. The molecular formula is C18H29ClIN3O. The lowest BCUT2D eigenvalue weighted by Crippen LogP contribution is -2.47. The Hall–Kier alpha value is -0.530. The lowest BCUT2D eigenvalue weighted by molar-refractivity contribution is 0.0264. The van der Waals surface area contributed by atoms with Crippen molar-refractivity contribution in [2.75, 3.05) is 32.8 Å². The number of hydrogen-bond acceptors (Lipinski definition) is 2. The molecule has 6 heteroatoms. The zero-order chi connectivity index (χ0) is 16.5. The Balaban J connectivity index is 0.00000288. The first-order valence-electron chi connectivity index (χ1n) is 8.62. The fraction of sp³-hybridized carbons (Fsp3) is 0.611. The molecule has 1 aliphatic rings. The molecule has 0 amide bonds. The van der Waals surface area contributed by atoms with Crippen molar-refractivity contribution in [3.63, 3.8) is 0 Å². The Kier molecular flexibility index (Phi) is 10.7. The lowest BCUT2D eigenvalue weighted by Gasteiger charge is -2.34. The Bertz CT molecular complexity index is 488. The predicted octanol–water partition coefficient (Wildman–Crippen LogP) is 3.97. The zero-order valence-corrected chi connectivity index (χ0v) is 17.7. The number of ether oxygens (including phenoxy) is 1. The van der Waals surface area contributed by atoms with Crippen LogP contribution in [-0.2, 0) is 11.2 Å². The van der Waals surface area contributed by atoms with E-state index in [4.69, 9.17) is 21.3 Å². The van der Waals surface area contributed by atoms with Crippen molar-refractivity contribution in [3.8, 4) is 0 Å². The Labute approximate surface area is 168 Å². The number of hydrogen-bond donors (Lipinski definition) is 1. The van der Waals surface area contributed by atoms with Crippen molar-refractivity contribution < 1.29 is 4.74 Å². The van der Waals surface area contributed by atoms with E-state index in [0.29, 0.717) is 6.10 Å². The summed E-state index contributed by atoms with van der Waals surface area (Å²) >= 11 is 5.92. The van der Waals surface area contributed by atoms with Gasteiger partial charge in [0.2, 0.25) is 0 Å². The van der Waals surface area contributed by atoms with Crippen LogP contribution in [0.2, 0.25) is 5.02 Å². The summed E-state index contributed by atoms with van der Waals surface area (Å²) < 4.78 is 5.72. The molecule has 0 spiro atoms. The number of piperidine rings is 1. The largest absolute Gasteiger partial charge is 0.378 e. The minimum Gasteiger partial charge on any atom is -0.378 e. The van der Waals surface area contributed by atoms with Crippen LogP contribution in [0.25, 0.3) is 0 Å². The fourth-order valence-corrected chi connectivity index (χ4v) is 2.96. The van der Waals surface area contributed by atoms with E-state index in [1.807, 2.05) is 12.1 Å². The van der Waals surface area contributed by atoms with Gasteiger partial charge in [0.05, 0.1) is 6.10 Å². The van der Waals surface area contributed by atoms with E-state index in [1.165, 1.54) is 5.56 Å². The van der Waals surface area contributed by atoms with Gasteiger partial charge in [-0.25, -0.2) is 0 Å². The zero-order valence-electron chi connectivity index (χ0n) is 14.6. The standard InChI is InChI=1S/C18H28ClN3O.HI/c1-3-20-18(22-13-10-17(11-14-22)23-4-2)21-12-9-15-5-7-16(19)8-6-15;/h5-8,17H,3-4,9-14H2,1-2H3,(H,20,21);1H. The molecule has 1 saturated heterocycles. The maximum Gasteiger partial charge on any atom is 0.193 e. The number of nitrogens with zero attached hydrogens (tertiary/aromatic N) is 2. The summed E-state index contributed by atoms with van der Waals surface area (Å²) in [4.78, 5) is 7.13. The van der Waals surface area contributed by atoms with Crippen molar-refractivity contribution >= 4 is 41.5 Å². The van der Waals surface area contributed by atoms with Crippen molar-refractivity contribution in [2.45, 2.75) is 39.2 Å². The van der Waals surface area contributed by atoms with E-state index < -0.39 is 0 Å². The van der Waals surface area contributed by atoms with Gasteiger partial charge in [-0.15, -0.1) is 24.0 Å². The van der Waals surface area contributed by atoms with Crippen LogP contribution in [0.1, 0.15) is 32.3 Å². The number of guanidine groups is 1. The van der Waals surface area contributed by atoms with Gasteiger partial charge in [0, 0.05) is 37.8 Å². The van der Waals surface area contributed by atoms with Gasteiger partial charge in [0.15, 0.2) is 5.96 Å². The minimum absolute atomic E-state index is 0. The van der Waals surface area contributed by atoms with Gasteiger partial charge in [-0.2, -0.15) is 0 Å². The summed E-state index contributed by atoms with van der Waals surface area (Å²) in [5.41, 5.74) is 1.27. The third-order valence-corrected chi connectivity index (χ3v) is 4.31. The second-order valence-electron chi connectivity index (χ2n) is 5.75. The van der Waals surface area contributed by atoms with E-state index in [0.717, 1.165) is 63.0 Å². The molecule has 0 aromatic heterocycles. The van der Waals surface area contributed by atoms with Crippen molar-refractivity contribution in [2.24, 2.45) is 4.99 Å². The summed E-state index contributed by atoms with van der Waals surface area (Å²) in [6.07, 6.45) is 3.50. The summed E-state index contributed by atoms with van der Waals surface area (Å²) in [6.45, 7) is 8.69. The van der Waals surface area contributed by atoms with E-state index >= 15 is 0 Å².